The summed E-state index contributed by atoms with van der Waals surface area (Å²) in [7, 11) is -9.94. The molecule has 0 aliphatic heterocycles. The zero-order valence-corrected chi connectivity index (χ0v) is 74.5. The SMILES string of the molecule is CCCCCCCCCCCCCC(=O)OC[C@H](COP(=O)(O)OC[C@H](O)COP(=O)(O)OC[C@@H](COC(=O)CCCCCCCCCCCCCCCCCCC(C)C)OC(=O)CCCCCCCCCCCCCCCCCCCCC(C)CC)OC(=O)CCCCCCCCCCCCCCCCCC(C)C. The van der Waals surface area contributed by atoms with Crippen LogP contribution in [0.2, 0.25) is 0 Å². The first-order valence-corrected chi connectivity index (χ1v) is 49.9. The van der Waals surface area contributed by atoms with Crippen molar-refractivity contribution in [2.24, 2.45) is 17.8 Å². The zero-order valence-electron chi connectivity index (χ0n) is 72.7. The van der Waals surface area contributed by atoms with E-state index in [1.165, 1.54) is 295 Å². The van der Waals surface area contributed by atoms with E-state index in [1.807, 2.05) is 0 Å². The highest BCUT2D eigenvalue weighted by Gasteiger charge is 2.31. The minimum atomic E-state index is -4.97. The second-order valence-electron chi connectivity index (χ2n) is 33.9. The van der Waals surface area contributed by atoms with Gasteiger partial charge < -0.3 is 33.8 Å². The second-order valence-corrected chi connectivity index (χ2v) is 36.8. The molecule has 110 heavy (non-hydrogen) atoms. The molecule has 654 valence electrons. The van der Waals surface area contributed by atoms with E-state index in [4.69, 9.17) is 37.0 Å². The Labute approximate surface area is 677 Å². The quantitative estimate of drug-likeness (QED) is 0.0222. The van der Waals surface area contributed by atoms with Gasteiger partial charge in [0.25, 0.3) is 0 Å². The van der Waals surface area contributed by atoms with E-state index in [0.29, 0.717) is 25.7 Å². The highest BCUT2D eigenvalue weighted by molar-refractivity contribution is 7.47. The summed E-state index contributed by atoms with van der Waals surface area (Å²) in [5, 5.41) is 10.7. The third kappa shape index (κ3) is 82.6. The van der Waals surface area contributed by atoms with Crippen molar-refractivity contribution in [2.45, 2.75) is 503 Å². The number of hydrogen-bond acceptors (Lipinski definition) is 15. The number of phosphoric ester groups is 2. The monoisotopic (exact) mass is 1610 g/mol. The molecular weight excluding hydrogens is 1430 g/mol. The topological polar surface area (TPSA) is 237 Å². The predicted molar refractivity (Wildman–Crippen MR) is 455 cm³/mol. The average Bonchev–Trinajstić information content (AvgIpc) is 0.900. The van der Waals surface area contributed by atoms with E-state index in [-0.39, 0.29) is 25.7 Å². The highest BCUT2D eigenvalue weighted by Crippen LogP contribution is 2.45. The van der Waals surface area contributed by atoms with Crippen LogP contribution in [0.25, 0.3) is 0 Å². The fourth-order valence-electron chi connectivity index (χ4n) is 14.2. The summed E-state index contributed by atoms with van der Waals surface area (Å²) in [6, 6.07) is 0. The van der Waals surface area contributed by atoms with E-state index < -0.39 is 97.5 Å². The van der Waals surface area contributed by atoms with Gasteiger partial charge in [-0.15, -0.1) is 0 Å². The summed E-state index contributed by atoms with van der Waals surface area (Å²) < 4.78 is 69.1. The molecule has 0 saturated carbocycles. The largest absolute Gasteiger partial charge is 0.472 e. The maximum Gasteiger partial charge on any atom is 0.472 e. The summed E-state index contributed by atoms with van der Waals surface area (Å²) >= 11 is 0. The molecule has 3 unspecified atom stereocenters. The van der Waals surface area contributed by atoms with Gasteiger partial charge in [0.15, 0.2) is 12.2 Å². The first-order valence-electron chi connectivity index (χ1n) is 46.9. The van der Waals surface area contributed by atoms with E-state index in [1.54, 1.807) is 0 Å². The van der Waals surface area contributed by atoms with Crippen molar-refractivity contribution in [2.75, 3.05) is 39.6 Å². The molecule has 0 aliphatic carbocycles. The van der Waals surface area contributed by atoms with Crippen molar-refractivity contribution in [3.63, 3.8) is 0 Å². The summed E-state index contributed by atoms with van der Waals surface area (Å²) in [5.41, 5.74) is 0. The van der Waals surface area contributed by atoms with Crippen LogP contribution < -0.4 is 0 Å². The van der Waals surface area contributed by atoms with Crippen molar-refractivity contribution in [3.8, 4) is 0 Å². The van der Waals surface area contributed by atoms with Crippen molar-refractivity contribution in [3.05, 3.63) is 0 Å². The van der Waals surface area contributed by atoms with Gasteiger partial charge in [-0.1, -0.05) is 434 Å². The Morgan fingerprint density at radius 1 is 0.264 bits per heavy atom. The lowest BCUT2D eigenvalue weighted by Gasteiger charge is -2.21. The highest BCUT2D eigenvalue weighted by atomic mass is 31.2. The van der Waals surface area contributed by atoms with E-state index in [2.05, 4.69) is 48.5 Å². The Balaban J connectivity index is 5.24. The number of hydrogen-bond donors (Lipinski definition) is 3. The number of aliphatic hydroxyl groups excluding tert-OH is 1. The number of unbranched alkanes of at least 4 members (excludes halogenated alkanes) is 56. The van der Waals surface area contributed by atoms with Gasteiger partial charge in [0.1, 0.15) is 19.3 Å². The zero-order chi connectivity index (χ0) is 80.8. The number of carbonyl (C=O) groups excluding carboxylic acids is 4. The Morgan fingerprint density at radius 2 is 0.464 bits per heavy atom. The second kappa shape index (κ2) is 80.8. The maximum absolute atomic E-state index is 13.2. The van der Waals surface area contributed by atoms with Gasteiger partial charge in [0.05, 0.1) is 26.4 Å². The van der Waals surface area contributed by atoms with Crippen LogP contribution in [0, 0.1) is 17.8 Å². The lowest BCUT2D eigenvalue weighted by atomic mass is 9.99. The molecule has 19 heteroatoms. The van der Waals surface area contributed by atoms with Crippen molar-refractivity contribution in [1.82, 2.24) is 0 Å². The fourth-order valence-corrected chi connectivity index (χ4v) is 15.8. The third-order valence-corrected chi connectivity index (χ3v) is 23.6. The van der Waals surface area contributed by atoms with Gasteiger partial charge in [-0.05, 0) is 43.4 Å². The number of phosphoric acid groups is 2. The normalized spacial score (nSPS) is 14.0. The van der Waals surface area contributed by atoms with Crippen LogP contribution in [0.3, 0.4) is 0 Å². The number of rotatable bonds is 89. The molecule has 0 fully saturated rings. The molecule has 3 N–H and O–H groups in total. The summed E-state index contributed by atoms with van der Waals surface area (Å²) in [6.07, 6.45) is 73.5. The van der Waals surface area contributed by atoms with Crippen LogP contribution in [0.5, 0.6) is 0 Å². The van der Waals surface area contributed by atoms with Gasteiger partial charge in [0, 0.05) is 25.7 Å². The van der Waals surface area contributed by atoms with E-state index >= 15 is 0 Å². The molecule has 0 bridgehead atoms. The lowest BCUT2D eigenvalue weighted by molar-refractivity contribution is -0.161. The molecule has 0 aromatic carbocycles. The van der Waals surface area contributed by atoms with Crippen LogP contribution in [-0.4, -0.2) is 96.7 Å². The predicted octanol–water partition coefficient (Wildman–Crippen LogP) is 28.0. The standard InChI is InChI=1S/C91H178O17P2/c1-8-10-11-12-13-14-34-44-51-58-65-72-88(93)101-78-86(107-91(96)75-68-61-54-47-40-33-27-21-23-29-36-42-49-56-63-70-83(5)6)80-105-109(97,98)103-76-85(92)77-104-110(99,100)106-81-87(79-102-89(94)73-66-59-52-45-38-31-25-20-19-22-28-35-41-48-55-62-69-82(3)4)108-90(95)74-67-60-53-46-39-32-26-18-16-15-17-24-30-37-43-50-57-64-71-84(7)9-2/h82-87,92H,8-81H2,1-7H3,(H,97,98)(H,99,100)/t84?,85-,86+,87+/m0/s1. The van der Waals surface area contributed by atoms with Gasteiger partial charge in [-0.25, -0.2) is 9.13 Å². The Kier molecular flexibility index (Phi) is 79.4. The van der Waals surface area contributed by atoms with Crippen LogP contribution in [-0.2, 0) is 65.4 Å². The minimum Gasteiger partial charge on any atom is -0.462 e. The number of carbonyl (C=O) groups is 4. The molecule has 0 saturated heterocycles. The van der Waals surface area contributed by atoms with Crippen LogP contribution in [0.1, 0.15) is 485 Å². The van der Waals surface area contributed by atoms with Crippen LogP contribution in [0.4, 0.5) is 0 Å². The number of esters is 4. The molecular formula is C91H178O17P2. The van der Waals surface area contributed by atoms with Crippen molar-refractivity contribution in [1.29, 1.82) is 0 Å². The number of ether oxygens (including phenoxy) is 4. The molecule has 0 heterocycles. The molecule has 0 radical (unpaired) electrons. The molecule has 0 aromatic heterocycles. The smallest absolute Gasteiger partial charge is 0.462 e. The summed E-state index contributed by atoms with van der Waals surface area (Å²) in [6.45, 7) is 12.1. The molecule has 17 nitrogen and oxygen atoms in total. The Morgan fingerprint density at radius 3 is 0.691 bits per heavy atom. The minimum absolute atomic E-state index is 0.108. The Bertz CT molecular complexity index is 2120. The van der Waals surface area contributed by atoms with Gasteiger partial charge in [0.2, 0.25) is 0 Å². The van der Waals surface area contributed by atoms with Gasteiger partial charge in [-0.3, -0.25) is 37.3 Å². The van der Waals surface area contributed by atoms with Crippen LogP contribution >= 0.6 is 15.6 Å². The molecule has 0 amide bonds. The Hall–Kier alpha value is -1.94. The first kappa shape index (κ1) is 108. The summed E-state index contributed by atoms with van der Waals surface area (Å²) in [5.74, 6) is 0.389. The molecule has 0 aliphatic rings. The molecule has 0 spiro atoms. The van der Waals surface area contributed by atoms with Crippen molar-refractivity contribution >= 4 is 39.5 Å². The van der Waals surface area contributed by atoms with E-state index in [0.717, 1.165) is 108 Å². The molecule has 0 aromatic rings. The number of aliphatic hydroxyl groups is 1. The molecule has 6 atom stereocenters. The summed E-state index contributed by atoms with van der Waals surface area (Å²) in [4.78, 5) is 73.4. The maximum atomic E-state index is 13.2. The lowest BCUT2D eigenvalue weighted by Crippen LogP contribution is -2.30. The van der Waals surface area contributed by atoms with E-state index in [9.17, 15) is 43.2 Å². The first-order chi connectivity index (χ1) is 53.3. The van der Waals surface area contributed by atoms with Crippen molar-refractivity contribution < 1.29 is 80.2 Å². The fraction of sp³-hybridized carbons (Fsp3) is 0.956. The third-order valence-electron chi connectivity index (χ3n) is 21.7. The van der Waals surface area contributed by atoms with Gasteiger partial charge >= 0.3 is 39.5 Å². The average molecular weight is 1610 g/mol. The van der Waals surface area contributed by atoms with Gasteiger partial charge in [-0.2, -0.15) is 0 Å². The molecule has 0 rings (SSSR count). The van der Waals surface area contributed by atoms with Crippen LogP contribution in [0.15, 0.2) is 0 Å².